The molecule has 0 fully saturated rings. The maximum Gasteiger partial charge on any atom is 0.147 e. The molecule has 0 unspecified atom stereocenters. The van der Waals surface area contributed by atoms with Gasteiger partial charge in [-0.3, -0.25) is 4.68 Å². The van der Waals surface area contributed by atoms with Crippen LogP contribution in [0.25, 0.3) is 11.1 Å². The van der Waals surface area contributed by atoms with Gasteiger partial charge in [0.1, 0.15) is 5.15 Å². The van der Waals surface area contributed by atoms with E-state index in [9.17, 15) is 0 Å². The molecule has 0 saturated heterocycles. The molecule has 0 saturated carbocycles. The molecule has 0 spiro atoms. The quantitative estimate of drug-likeness (QED) is 0.702. The van der Waals surface area contributed by atoms with Crippen molar-refractivity contribution in [2.75, 3.05) is 0 Å². The normalized spacial score (nSPS) is 10.5. The number of aromatic nitrogens is 3. The number of hydrogen-bond acceptors (Lipinski definition) is 2. The molecule has 14 heavy (non-hydrogen) atoms. The third-order valence-corrected chi connectivity index (χ3v) is 2.52. The zero-order valence-electron chi connectivity index (χ0n) is 7.41. The number of nitrogens with zero attached hydrogens (tertiary/aromatic N) is 3. The fourth-order valence-electron chi connectivity index (χ4n) is 1.15. The van der Waals surface area contributed by atoms with Gasteiger partial charge in [-0.25, -0.2) is 4.98 Å². The molecule has 0 aliphatic carbocycles. The second kappa shape index (κ2) is 3.59. The topological polar surface area (TPSA) is 30.7 Å². The van der Waals surface area contributed by atoms with Gasteiger partial charge >= 0.3 is 0 Å². The average Bonchev–Trinajstić information content (AvgIpc) is 2.57. The number of aryl methyl sites for hydroxylation is 1. The van der Waals surface area contributed by atoms with E-state index in [0.29, 0.717) is 10.2 Å². The Kier molecular flexibility index (Phi) is 2.44. The van der Waals surface area contributed by atoms with Crippen LogP contribution < -0.4 is 0 Å². The molecule has 3 nitrogen and oxygen atoms in total. The second-order valence-electron chi connectivity index (χ2n) is 2.90. The van der Waals surface area contributed by atoms with E-state index in [0.717, 1.165) is 11.1 Å². The van der Waals surface area contributed by atoms with Crippen molar-refractivity contribution >= 4 is 23.2 Å². The first-order valence-electron chi connectivity index (χ1n) is 3.97. The predicted octanol–water partition coefficient (Wildman–Crippen LogP) is 2.79. The van der Waals surface area contributed by atoms with Crippen molar-refractivity contribution in [2.45, 2.75) is 0 Å². The molecule has 0 radical (unpaired) electrons. The monoisotopic (exact) mass is 227 g/mol. The van der Waals surface area contributed by atoms with Crippen molar-refractivity contribution in [1.29, 1.82) is 0 Å². The van der Waals surface area contributed by atoms with Crippen LogP contribution in [0.5, 0.6) is 0 Å². The summed E-state index contributed by atoms with van der Waals surface area (Å²) in [6.07, 6.45) is 5.31. The minimum Gasteiger partial charge on any atom is -0.275 e. The Morgan fingerprint density at radius 3 is 2.57 bits per heavy atom. The van der Waals surface area contributed by atoms with Gasteiger partial charge in [-0.2, -0.15) is 5.10 Å². The molecule has 0 atom stereocenters. The molecule has 2 heterocycles. The first-order valence-corrected chi connectivity index (χ1v) is 4.72. The van der Waals surface area contributed by atoms with E-state index in [4.69, 9.17) is 23.2 Å². The van der Waals surface area contributed by atoms with E-state index in [2.05, 4.69) is 10.1 Å². The second-order valence-corrected chi connectivity index (χ2v) is 3.66. The van der Waals surface area contributed by atoms with Crippen LogP contribution >= 0.6 is 23.2 Å². The highest BCUT2D eigenvalue weighted by atomic mass is 35.5. The number of halogens is 2. The summed E-state index contributed by atoms with van der Waals surface area (Å²) in [5, 5.41) is 4.83. The van der Waals surface area contributed by atoms with Gasteiger partial charge in [0.15, 0.2) is 0 Å². The summed E-state index contributed by atoms with van der Waals surface area (Å²) < 4.78 is 1.72. The van der Waals surface area contributed by atoms with Crippen molar-refractivity contribution in [3.63, 3.8) is 0 Å². The van der Waals surface area contributed by atoms with Gasteiger partial charge in [0.25, 0.3) is 0 Å². The Morgan fingerprint density at radius 2 is 2.00 bits per heavy atom. The lowest BCUT2D eigenvalue weighted by Crippen LogP contribution is -1.84. The van der Waals surface area contributed by atoms with Gasteiger partial charge in [0, 0.05) is 30.6 Å². The highest BCUT2D eigenvalue weighted by molar-refractivity contribution is 6.41. The van der Waals surface area contributed by atoms with Crippen LogP contribution in [0.2, 0.25) is 10.2 Å². The van der Waals surface area contributed by atoms with E-state index in [1.807, 2.05) is 13.2 Å². The Bertz CT molecular complexity index is 465. The van der Waals surface area contributed by atoms with Gasteiger partial charge in [-0.1, -0.05) is 23.2 Å². The van der Waals surface area contributed by atoms with Gasteiger partial charge in [0.2, 0.25) is 0 Å². The van der Waals surface area contributed by atoms with E-state index in [1.165, 1.54) is 0 Å². The molecule has 0 aliphatic rings. The third-order valence-electron chi connectivity index (χ3n) is 1.83. The molecule has 0 aromatic carbocycles. The van der Waals surface area contributed by atoms with E-state index >= 15 is 0 Å². The third kappa shape index (κ3) is 1.74. The van der Waals surface area contributed by atoms with Crippen molar-refractivity contribution in [1.82, 2.24) is 14.8 Å². The van der Waals surface area contributed by atoms with E-state index < -0.39 is 0 Å². The molecule has 72 valence electrons. The van der Waals surface area contributed by atoms with Gasteiger partial charge in [-0.15, -0.1) is 0 Å². The zero-order chi connectivity index (χ0) is 10.1. The van der Waals surface area contributed by atoms with Gasteiger partial charge in [-0.05, 0) is 6.07 Å². The molecule has 0 amide bonds. The largest absolute Gasteiger partial charge is 0.275 e. The number of hydrogen-bond donors (Lipinski definition) is 0. The smallest absolute Gasteiger partial charge is 0.147 e. The van der Waals surface area contributed by atoms with E-state index in [1.54, 1.807) is 23.1 Å². The molecular weight excluding hydrogens is 221 g/mol. The Balaban J connectivity index is 2.47. The van der Waals surface area contributed by atoms with Crippen LogP contribution in [-0.4, -0.2) is 14.8 Å². The van der Waals surface area contributed by atoms with Crippen LogP contribution in [0.1, 0.15) is 0 Å². The van der Waals surface area contributed by atoms with E-state index in [-0.39, 0.29) is 0 Å². The fraction of sp³-hybridized carbons (Fsp3) is 0.111. The summed E-state index contributed by atoms with van der Waals surface area (Å²) in [4.78, 5) is 3.96. The summed E-state index contributed by atoms with van der Waals surface area (Å²) in [7, 11) is 1.86. The van der Waals surface area contributed by atoms with Gasteiger partial charge in [0.05, 0.1) is 11.2 Å². The lowest BCUT2D eigenvalue weighted by molar-refractivity contribution is 0.768. The summed E-state index contributed by atoms with van der Waals surface area (Å²) in [6.45, 7) is 0. The Morgan fingerprint density at radius 1 is 1.21 bits per heavy atom. The standard InChI is InChI=1S/C9H7Cl2N3/c1-14-5-7(4-13-14)6-2-8(10)9(11)12-3-6/h2-5H,1H3. The molecular formula is C9H7Cl2N3. The SMILES string of the molecule is Cn1cc(-c2cnc(Cl)c(Cl)c2)cn1. The molecule has 2 aromatic rings. The van der Waals surface area contributed by atoms with Crippen molar-refractivity contribution in [3.05, 3.63) is 34.8 Å². The van der Waals surface area contributed by atoms with Crippen LogP contribution in [0.3, 0.4) is 0 Å². The predicted molar refractivity (Wildman–Crippen MR) is 56.5 cm³/mol. The first-order chi connectivity index (χ1) is 6.66. The summed E-state index contributed by atoms with van der Waals surface area (Å²) >= 11 is 11.6. The highest BCUT2D eigenvalue weighted by Gasteiger charge is 2.04. The van der Waals surface area contributed by atoms with Crippen molar-refractivity contribution in [2.24, 2.45) is 7.05 Å². The van der Waals surface area contributed by atoms with Crippen molar-refractivity contribution < 1.29 is 0 Å². The number of pyridine rings is 1. The molecule has 0 N–H and O–H groups in total. The molecule has 0 aliphatic heterocycles. The Labute approximate surface area is 91.3 Å². The first kappa shape index (κ1) is 9.49. The lowest BCUT2D eigenvalue weighted by atomic mass is 10.2. The van der Waals surface area contributed by atoms with Crippen LogP contribution in [0.15, 0.2) is 24.7 Å². The van der Waals surface area contributed by atoms with Crippen LogP contribution in [-0.2, 0) is 7.05 Å². The minimum atomic E-state index is 0.319. The van der Waals surface area contributed by atoms with Gasteiger partial charge < -0.3 is 0 Å². The molecule has 2 rings (SSSR count). The average molecular weight is 228 g/mol. The summed E-state index contributed by atoms with van der Waals surface area (Å²) in [6, 6.07) is 1.77. The minimum absolute atomic E-state index is 0.319. The lowest BCUT2D eigenvalue weighted by Gasteiger charge is -1.98. The summed E-state index contributed by atoms with van der Waals surface area (Å²) in [5.41, 5.74) is 1.88. The van der Waals surface area contributed by atoms with Crippen LogP contribution in [0.4, 0.5) is 0 Å². The fourth-order valence-corrected chi connectivity index (χ4v) is 1.42. The molecule has 2 aromatic heterocycles. The van der Waals surface area contributed by atoms with Crippen LogP contribution in [0, 0.1) is 0 Å². The Hall–Kier alpha value is -1.06. The number of rotatable bonds is 1. The van der Waals surface area contributed by atoms with Crippen molar-refractivity contribution in [3.8, 4) is 11.1 Å². The summed E-state index contributed by atoms with van der Waals surface area (Å²) in [5.74, 6) is 0. The molecule has 5 heteroatoms. The maximum absolute atomic E-state index is 5.85. The molecule has 0 bridgehead atoms. The maximum atomic E-state index is 5.85. The highest BCUT2D eigenvalue weighted by Crippen LogP contribution is 2.25. The zero-order valence-corrected chi connectivity index (χ0v) is 8.92.